The summed E-state index contributed by atoms with van der Waals surface area (Å²) in [6.07, 6.45) is 1.40. The first kappa shape index (κ1) is 13.0. The second-order valence-corrected chi connectivity index (χ2v) is 4.52. The summed E-state index contributed by atoms with van der Waals surface area (Å²) >= 11 is 0. The van der Waals surface area contributed by atoms with Gasteiger partial charge in [0.1, 0.15) is 11.5 Å². The van der Waals surface area contributed by atoms with Crippen LogP contribution >= 0.6 is 0 Å². The zero-order valence-corrected chi connectivity index (χ0v) is 10.7. The summed E-state index contributed by atoms with van der Waals surface area (Å²) < 4.78 is 0. The molecule has 0 radical (unpaired) electrons. The van der Waals surface area contributed by atoms with E-state index in [2.05, 4.69) is 15.0 Å². The molecule has 2 heterocycles. The summed E-state index contributed by atoms with van der Waals surface area (Å²) in [4.78, 5) is 23.3. The van der Waals surface area contributed by atoms with Crippen LogP contribution in [0.4, 0.5) is 0 Å². The number of amides is 1. The van der Waals surface area contributed by atoms with Gasteiger partial charge in [-0.15, -0.1) is 0 Å². The number of nitrogens with two attached hydrogens (primary N) is 2. The van der Waals surface area contributed by atoms with Crippen molar-refractivity contribution in [3.63, 3.8) is 0 Å². The van der Waals surface area contributed by atoms with E-state index in [-0.39, 0.29) is 28.9 Å². The molecule has 0 saturated carbocycles. The first-order valence-corrected chi connectivity index (χ1v) is 6.00. The Hall–Kier alpha value is -3.00. The first-order chi connectivity index (χ1) is 9.97. The van der Waals surface area contributed by atoms with Gasteiger partial charge in [-0.05, 0) is 12.1 Å². The predicted octanol–water partition coefficient (Wildman–Crippen LogP) is -0.268. The van der Waals surface area contributed by atoms with Gasteiger partial charge >= 0.3 is 0 Å². The number of carbonyl (C=O) groups is 1. The van der Waals surface area contributed by atoms with Gasteiger partial charge in [-0.25, -0.2) is 4.99 Å². The van der Waals surface area contributed by atoms with E-state index in [9.17, 15) is 15.0 Å². The minimum absolute atomic E-state index is 0.0884. The zero-order valence-electron chi connectivity index (χ0n) is 10.7. The van der Waals surface area contributed by atoms with Crippen molar-refractivity contribution in [3.05, 3.63) is 34.9 Å². The molecule has 1 amide bonds. The lowest BCUT2D eigenvalue weighted by molar-refractivity contribution is -0.114. The van der Waals surface area contributed by atoms with Gasteiger partial charge in [0.05, 0.1) is 11.6 Å². The van der Waals surface area contributed by atoms with Gasteiger partial charge in [-0.1, -0.05) is 0 Å². The second kappa shape index (κ2) is 4.53. The largest absolute Gasteiger partial charge is 0.508 e. The minimum atomic E-state index is -0.810. The smallest absolute Gasteiger partial charge is 0.284 e. The van der Waals surface area contributed by atoms with Crippen LogP contribution in [0.15, 0.2) is 44.3 Å². The molecule has 8 nitrogen and oxygen atoms in total. The molecule has 0 fully saturated rings. The monoisotopic (exact) mass is 285 g/mol. The van der Waals surface area contributed by atoms with Gasteiger partial charge in [0.15, 0.2) is 5.84 Å². The van der Waals surface area contributed by atoms with Crippen LogP contribution in [-0.2, 0) is 4.79 Å². The number of amidine groups is 1. The molecule has 2 aliphatic heterocycles. The molecular formula is C13H11N5O3. The molecule has 1 atom stereocenters. The van der Waals surface area contributed by atoms with Gasteiger partial charge in [-0.2, -0.15) is 9.98 Å². The van der Waals surface area contributed by atoms with E-state index in [4.69, 9.17) is 11.5 Å². The Bertz CT molecular complexity index is 776. The lowest BCUT2D eigenvalue weighted by atomic mass is 9.95. The van der Waals surface area contributed by atoms with Crippen LogP contribution in [0.1, 0.15) is 11.6 Å². The number of hydrogen-bond acceptors (Lipinski definition) is 7. The summed E-state index contributed by atoms with van der Waals surface area (Å²) in [5, 5.41) is 19.2. The number of aliphatic imine (C=N–C) groups is 3. The number of guanidine groups is 1. The van der Waals surface area contributed by atoms with Gasteiger partial charge in [-0.3, -0.25) is 4.79 Å². The van der Waals surface area contributed by atoms with Gasteiger partial charge in [0.25, 0.3) is 5.91 Å². The van der Waals surface area contributed by atoms with Gasteiger partial charge < -0.3 is 21.7 Å². The van der Waals surface area contributed by atoms with Crippen LogP contribution in [0.3, 0.4) is 0 Å². The Balaban J connectivity index is 2.07. The maximum atomic E-state index is 11.9. The fourth-order valence-electron chi connectivity index (χ4n) is 2.18. The van der Waals surface area contributed by atoms with Crippen LogP contribution in [0.5, 0.6) is 11.5 Å². The van der Waals surface area contributed by atoms with Crippen molar-refractivity contribution in [2.24, 2.45) is 26.4 Å². The second-order valence-electron chi connectivity index (χ2n) is 4.52. The number of carbonyl (C=O) groups excluding carboxylic acids is 1. The zero-order chi connectivity index (χ0) is 15.1. The average molecular weight is 285 g/mol. The molecule has 1 aromatic rings. The van der Waals surface area contributed by atoms with E-state index in [1.165, 1.54) is 24.4 Å². The lowest BCUT2D eigenvalue weighted by Gasteiger charge is -2.15. The third-order valence-electron chi connectivity index (χ3n) is 3.17. The van der Waals surface area contributed by atoms with Crippen molar-refractivity contribution in [2.75, 3.05) is 0 Å². The van der Waals surface area contributed by atoms with Crippen molar-refractivity contribution in [1.82, 2.24) is 0 Å². The highest BCUT2D eigenvalue weighted by Crippen LogP contribution is 2.33. The maximum Gasteiger partial charge on any atom is 0.284 e. The van der Waals surface area contributed by atoms with Crippen molar-refractivity contribution in [1.29, 1.82) is 0 Å². The summed E-state index contributed by atoms with van der Waals surface area (Å²) in [5.41, 5.74) is 12.4. The summed E-state index contributed by atoms with van der Waals surface area (Å²) in [5.74, 6) is -0.830. The average Bonchev–Trinajstić information content (AvgIpc) is 2.81. The van der Waals surface area contributed by atoms with Gasteiger partial charge in [0.2, 0.25) is 5.96 Å². The molecule has 6 N–H and O–H groups in total. The van der Waals surface area contributed by atoms with Crippen LogP contribution in [0, 0.1) is 0 Å². The van der Waals surface area contributed by atoms with Crippen molar-refractivity contribution >= 4 is 23.9 Å². The number of phenolic OH excluding ortho intramolecular Hbond substituents is 2. The van der Waals surface area contributed by atoms with Gasteiger partial charge in [0, 0.05) is 23.4 Å². The first-order valence-electron chi connectivity index (χ1n) is 6.00. The highest BCUT2D eigenvalue weighted by molar-refractivity contribution is 6.34. The highest BCUT2D eigenvalue weighted by Gasteiger charge is 2.31. The van der Waals surface area contributed by atoms with Crippen LogP contribution in [-0.4, -0.2) is 34.1 Å². The van der Waals surface area contributed by atoms with E-state index < -0.39 is 11.9 Å². The number of phenols is 2. The molecule has 3 rings (SSSR count). The molecule has 106 valence electrons. The minimum Gasteiger partial charge on any atom is -0.508 e. The summed E-state index contributed by atoms with van der Waals surface area (Å²) in [7, 11) is 0. The molecule has 0 saturated heterocycles. The lowest BCUT2D eigenvalue weighted by Crippen LogP contribution is -2.24. The predicted molar refractivity (Wildman–Crippen MR) is 76.3 cm³/mol. The van der Waals surface area contributed by atoms with E-state index in [0.717, 1.165) is 0 Å². The molecule has 0 aliphatic carbocycles. The normalized spacial score (nSPS) is 18.4. The molecule has 2 aliphatic rings. The molecule has 1 aromatic carbocycles. The summed E-state index contributed by atoms with van der Waals surface area (Å²) in [6.45, 7) is 0. The Labute approximate surface area is 118 Å². The number of aromatic hydroxyl groups is 2. The topological polar surface area (TPSA) is 147 Å². The number of benzene rings is 1. The molecule has 0 spiro atoms. The number of hydrogen-bond donors (Lipinski definition) is 4. The van der Waals surface area contributed by atoms with Crippen LogP contribution in [0.2, 0.25) is 0 Å². The Kier molecular flexibility index (Phi) is 2.80. The Morgan fingerprint density at radius 2 is 1.95 bits per heavy atom. The Morgan fingerprint density at radius 3 is 2.67 bits per heavy atom. The van der Waals surface area contributed by atoms with E-state index in [1.807, 2.05) is 0 Å². The van der Waals surface area contributed by atoms with E-state index >= 15 is 0 Å². The fourth-order valence-corrected chi connectivity index (χ4v) is 2.18. The number of rotatable bonds is 2. The molecule has 8 heteroatoms. The SMILES string of the molecule is NC1=NC(=O)C2=C(C(N)c3ccc(O)cc3O)C=NC2=N1. The molecule has 1 unspecified atom stereocenters. The van der Waals surface area contributed by atoms with Crippen molar-refractivity contribution < 1.29 is 15.0 Å². The quantitative estimate of drug-likeness (QED) is 0.590. The number of nitrogens with zero attached hydrogens (tertiary/aromatic N) is 3. The Morgan fingerprint density at radius 1 is 1.19 bits per heavy atom. The van der Waals surface area contributed by atoms with Crippen molar-refractivity contribution in [2.45, 2.75) is 6.04 Å². The molecule has 0 aromatic heterocycles. The van der Waals surface area contributed by atoms with E-state index in [0.29, 0.717) is 11.1 Å². The van der Waals surface area contributed by atoms with Crippen molar-refractivity contribution in [3.8, 4) is 11.5 Å². The maximum absolute atomic E-state index is 11.9. The third-order valence-corrected chi connectivity index (χ3v) is 3.17. The molecular weight excluding hydrogens is 274 g/mol. The standard InChI is InChI=1S/C13H11N5O3/c14-10(6-2-1-5(19)3-8(6)20)7-4-16-11-9(7)12(21)18-13(15)17-11/h1-4,10,19-20H,14H2,(H2,15,18,21). The summed E-state index contributed by atoms with van der Waals surface area (Å²) in [6, 6.07) is 3.22. The van der Waals surface area contributed by atoms with Crippen LogP contribution in [0.25, 0.3) is 0 Å². The number of fused-ring (bicyclic) bond motifs is 1. The molecule has 21 heavy (non-hydrogen) atoms. The molecule has 0 bridgehead atoms. The fraction of sp³-hybridized carbons (Fsp3) is 0.0769. The van der Waals surface area contributed by atoms with Crippen LogP contribution < -0.4 is 11.5 Å². The van der Waals surface area contributed by atoms with E-state index in [1.54, 1.807) is 0 Å². The third kappa shape index (κ3) is 2.07. The highest BCUT2D eigenvalue weighted by atomic mass is 16.3.